The molecule has 0 saturated heterocycles. The van der Waals surface area contributed by atoms with E-state index >= 15 is 0 Å². The predicted octanol–water partition coefficient (Wildman–Crippen LogP) is 2.11. The Morgan fingerprint density at radius 3 is 3.06 bits per heavy atom. The first kappa shape index (κ1) is 11.1. The molecule has 0 unspecified atom stereocenters. The van der Waals surface area contributed by atoms with Crippen molar-refractivity contribution in [3.63, 3.8) is 0 Å². The third-order valence-corrected chi connectivity index (χ3v) is 2.80. The van der Waals surface area contributed by atoms with E-state index in [1.54, 1.807) is 12.3 Å². The van der Waals surface area contributed by atoms with E-state index in [0.29, 0.717) is 9.99 Å². The van der Waals surface area contributed by atoms with E-state index in [-0.39, 0.29) is 12.4 Å². The molecule has 1 heterocycles. The molecule has 2 rings (SSSR count). The Hall–Kier alpha value is -1.43. The number of hydrogen-bond acceptors (Lipinski definition) is 3. The van der Waals surface area contributed by atoms with Crippen molar-refractivity contribution in [1.29, 1.82) is 0 Å². The Balaban J connectivity index is 2.48. The number of carbonyl (C=O) groups is 1. The van der Waals surface area contributed by atoms with Gasteiger partial charge >= 0.3 is 5.97 Å². The number of fused-ring (bicyclic) bond motifs is 1. The standard InChI is InChI=1S/C10H8BrFN2O2/c1-16-10(15)5-14-9-3-8(12)7(11)2-6(9)4-13-14/h2-4H,5H2,1H3. The summed E-state index contributed by atoms with van der Waals surface area (Å²) in [6.45, 7) is -0.0267. The van der Waals surface area contributed by atoms with Gasteiger partial charge in [0, 0.05) is 11.5 Å². The zero-order chi connectivity index (χ0) is 11.7. The van der Waals surface area contributed by atoms with Crippen LogP contribution in [0.4, 0.5) is 4.39 Å². The maximum atomic E-state index is 13.3. The molecule has 0 aliphatic rings. The predicted molar refractivity (Wildman–Crippen MR) is 59.4 cm³/mol. The summed E-state index contributed by atoms with van der Waals surface area (Å²) in [5, 5.41) is 4.76. The minimum atomic E-state index is -0.423. The van der Waals surface area contributed by atoms with Crippen LogP contribution in [0.5, 0.6) is 0 Å². The zero-order valence-electron chi connectivity index (χ0n) is 8.41. The zero-order valence-corrected chi connectivity index (χ0v) is 9.99. The van der Waals surface area contributed by atoms with Gasteiger partial charge in [0.1, 0.15) is 12.4 Å². The highest BCUT2D eigenvalue weighted by atomic mass is 79.9. The van der Waals surface area contributed by atoms with Gasteiger partial charge in [-0.15, -0.1) is 0 Å². The lowest BCUT2D eigenvalue weighted by atomic mass is 10.2. The van der Waals surface area contributed by atoms with Gasteiger partial charge in [0.2, 0.25) is 0 Å². The molecule has 1 aromatic heterocycles. The molecule has 0 amide bonds. The van der Waals surface area contributed by atoms with E-state index in [1.165, 1.54) is 17.9 Å². The summed E-state index contributed by atoms with van der Waals surface area (Å²) in [6, 6.07) is 2.95. The lowest BCUT2D eigenvalue weighted by Crippen LogP contribution is -2.12. The third-order valence-electron chi connectivity index (χ3n) is 2.19. The van der Waals surface area contributed by atoms with Gasteiger partial charge in [-0.25, -0.2) is 4.39 Å². The SMILES string of the molecule is COC(=O)Cn1ncc2cc(Br)c(F)cc21. The molecule has 0 spiro atoms. The first-order valence-electron chi connectivity index (χ1n) is 4.49. The summed E-state index contributed by atoms with van der Waals surface area (Å²) in [6.07, 6.45) is 1.57. The average molecular weight is 287 g/mol. The van der Waals surface area contributed by atoms with Crippen LogP contribution in [0.1, 0.15) is 0 Å². The molecule has 6 heteroatoms. The van der Waals surface area contributed by atoms with Crippen molar-refractivity contribution in [2.45, 2.75) is 6.54 Å². The Morgan fingerprint density at radius 1 is 1.62 bits per heavy atom. The number of aromatic nitrogens is 2. The largest absolute Gasteiger partial charge is 0.468 e. The van der Waals surface area contributed by atoms with Crippen molar-refractivity contribution in [1.82, 2.24) is 9.78 Å². The summed E-state index contributed by atoms with van der Waals surface area (Å²) in [5.74, 6) is -0.813. The number of halogens is 2. The number of ether oxygens (including phenoxy) is 1. The number of rotatable bonds is 2. The summed E-state index contributed by atoms with van der Waals surface area (Å²) >= 11 is 3.09. The Morgan fingerprint density at radius 2 is 2.38 bits per heavy atom. The maximum absolute atomic E-state index is 13.3. The molecule has 0 N–H and O–H groups in total. The molecule has 16 heavy (non-hydrogen) atoms. The molecule has 1 aromatic carbocycles. The minimum absolute atomic E-state index is 0.0267. The van der Waals surface area contributed by atoms with Crippen molar-refractivity contribution in [2.24, 2.45) is 0 Å². The van der Waals surface area contributed by atoms with Gasteiger partial charge in [0.15, 0.2) is 0 Å². The van der Waals surface area contributed by atoms with E-state index in [0.717, 1.165) is 5.39 Å². The van der Waals surface area contributed by atoms with Crippen LogP contribution in [0.25, 0.3) is 10.9 Å². The summed E-state index contributed by atoms with van der Waals surface area (Å²) in [7, 11) is 1.30. The van der Waals surface area contributed by atoms with E-state index in [2.05, 4.69) is 25.8 Å². The van der Waals surface area contributed by atoms with Crippen LogP contribution in [-0.2, 0) is 16.1 Å². The van der Waals surface area contributed by atoms with Gasteiger partial charge in [-0.2, -0.15) is 5.10 Å². The molecule has 0 aliphatic carbocycles. The van der Waals surface area contributed by atoms with Gasteiger partial charge < -0.3 is 4.74 Å². The number of esters is 1. The van der Waals surface area contributed by atoms with Gasteiger partial charge in [-0.1, -0.05) is 0 Å². The molecule has 0 saturated carbocycles. The van der Waals surface area contributed by atoms with Gasteiger partial charge in [-0.3, -0.25) is 9.48 Å². The normalized spacial score (nSPS) is 10.7. The molecule has 0 fully saturated rings. The van der Waals surface area contributed by atoms with Crippen molar-refractivity contribution in [3.8, 4) is 0 Å². The lowest BCUT2D eigenvalue weighted by molar-refractivity contribution is -0.141. The highest BCUT2D eigenvalue weighted by molar-refractivity contribution is 9.10. The van der Waals surface area contributed by atoms with Crippen LogP contribution >= 0.6 is 15.9 Å². The molecule has 0 atom stereocenters. The highest BCUT2D eigenvalue weighted by Gasteiger charge is 2.10. The second kappa shape index (κ2) is 4.21. The van der Waals surface area contributed by atoms with Gasteiger partial charge in [-0.05, 0) is 22.0 Å². The van der Waals surface area contributed by atoms with E-state index < -0.39 is 5.97 Å². The molecular formula is C10H8BrFN2O2. The minimum Gasteiger partial charge on any atom is -0.468 e. The van der Waals surface area contributed by atoms with Crippen LogP contribution in [0, 0.1) is 5.82 Å². The van der Waals surface area contributed by atoms with Crippen molar-refractivity contribution in [2.75, 3.05) is 7.11 Å². The summed E-state index contributed by atoms with van der Waals surface area (Å²) in [5.41, 5.74) is 0.561. The van der Waals surface area contributed by atoms with Gasteiger partial charge in [0.25, 0.3) is 0 Å². The fraction of sp³-hybridized carbons (Fsp3) is 0.200. The Kier molecular flexibility index (Phi) is 2.91. The summed E-state index contributed by atoms with van der Waals surface area (Å²) in [4.78, 5) is 11.1. The topological polar surface area (TPSA) is 44.1 Å². The van der Waals surface area contributed by atoms with Crippen LogP contribution in [0.3, 0.4) is 0 Å². The number of nitrogens with zero attached hydrogens (tertiary/aromatic N) is 2. The van der Waals surface area contributed by atoms with Crippen molar-refractivity contribution in [3.05, 3.63) is 28.6 Å². The van der Waals surface area contributed by atoms with Crippen LogP contribution in [0.2, 0.25) is 0 Å². The van der Waals surface area contributed by atoms with E-state index in [4.69, 9.17) is 0 Å². The van der Waals surface area contributed by atoms with E-state index in [1.807, 2.05) is 0 Å². The maximum Gasteiger partial charge on any atom is 0.327 e. The smallest absolute Gasteiger partial charge is 0.327 e. The fourth-order valence-electron chi connectivity index (χ4n) is 1.39. The van der Waals surface area contributed by atoms with Crippen LogP contribution < -0.4 is 0 Å². The Labute approximate surface area is 99.1 Å². The number of carbonyl (C=O) groups excluding carboxylic acids is 1. The monoisotopic (exact) mass is 286 g/mol. The van der Waals surface area contributed by atoms with Crippen LogP contribution in [0.15, 0.2) is 22.8 Å². The molecule has 4 nitrogen and oxygen atoms in total. The van der Waals surface area contributed by atoms with E-state index in [9.17, 15) is 9.18 Å². The molecule has 0 radical (unpaired) electrons. The third kappa shape index (κ3) is 1.92. The van der Waals surface area contributed by atoms with Crippen molar-refractivity contribution < 1.29 is 13.9 Å². The average Bonchev–Trinajstić information content (AvgIpc) is 2.62. The molecular weight excluding hydrogens is 279 g/mol. The number of methoxy groups -OCH3 is 1. The van der Waals surface area contributed by atoms with Crippen molar-refractivity contribution >= 4 is 32.8 Å². The molecule has 0 aliphatic heterocycles. The highest BCUT2D eigenvalue weighted by Crippen LogP contribution is 2.23. The fourth-order valence-corrected chi connectivity index (χ4v) is 1.75. The summed E-state index contributed by atoms with van der Waals surface area (Å²) < 4.78 is 19.6. The Bertz CT molecular complexity index is 553. The second-order valence-electron chi connectivity index (χ2n) is 3.20. The number of benzene rings is 1. The van der Waals surface area contributed by atoms with Crippen LogP contribution in [-0.4, -0.2) is 22.9 Å². The molecule has 2 aromatic rings. The first-order chi connectivity index (χ1) is 7.61. The number of hydrogen-bond donors (Lipinski definition) is 0. The molecule has 0 bridgehead atoms. The molecule has 84 valence electrons. The lowest BCUT2D eigenvalue weighted by Gasteiger charge is -2.02. The first-order valence-corrected chi connectivity index (χ1v) is 5.28. The quantitative estimate of drug-likeness (QED) is 0.795. The second-order valence-corrected chi connectivity index (χ2v) is 4.06. The van der Waals surface area contributed by atoms with Gasteiger partial charge in [0.05, 0.1) is 23.3 Å².